The van der Waals surface area contributed by atoms with E-state index in [1.165, 1.54) is 0 Å². The van der Waals surface area contributed by atoms with Crippen molar-refractivity contribution in [2.75, 3.05) is 18.5 Å². The topological polar surface area (TPSA) is 73.6 Å². The van der Waals surface area contributed by atoms with Gasteiger partial charge in [0.05, 0.1) is 24.9 Å². The molecule has 0 heterocycles. The Hall–Kier alpha value is -1.75. The quantitative estimate of drug-likeness (QED) is 0.773. The molecule has 0 fully saturated rings. The van der Waals surface area contributed by atoms with Gasteiger partial charge in [0.15, 0.2) is 0 Å². The van der Waals surface area contributed by atoms with Crippen molar-refractivity contribution in [3.63, 3.8) is 0 Å². The van der Waals surface area contributed by atoms with E-state index in [0.717, 1.165) is 0 Å². The maximum atomic E-state index is 12.1. The van der Waals surface area contributed by atoms with Crippen molar-refractivity contribution in [3.8, 4) is 11.5 Å². The van der Waals surface area contributed by atoms with Crippen LogP contribution in [0.5, 0.6) is 11.5 Å². The molecule has 0 radical (unpaired) electrons. The van der Waals surface area contributed by atoms with Crippen LogP contribution >= 0.6 is 0 Å². The summed E-state index contributed by atoms with van der Waals surface area (Å²) < 4.78 is 11.0. The number of carbonyl (C=O) groups is 1. The van der Waals surface area contributed by atoms with Gasteiger partial charge in [0.1, 0.15) is 11.5 Å². The number of hydrogen-bond acceptors (Lipinski definition) is 4. The normalized spacial score (nSPS) is 12.1. The number of amides is 1. The molecule has 1 atom stereocenters. The summed E-state index contributed by atoms with van der Waals surface area (Å²) >= 11 is 0. The van der Waals surface area contributed by atoms with Gasteiger partial charge in [0, 0.05) is 6.07 Å². The minimum Gasteiger partial charge on any atom is -0.494 e. The molecule has 0 aliphatic heterocycles. The van der Waals surface area contributed by atoms with Crippen LogP contribution in [0, 0.1) is 5.92 Å². The highest BCUT2D eigenvalue weighted by Gasteiger charge is 2.17. The molecule has 118 valence electrons. The van der Waals surface area contributed by atoms with E-state index in [1.54, 1.807) is 12.1 Å². The van der Waals surface area contributed by atoms with Gasteiger partial charge in [-0.05, 0) is 38.3 Å². The standard InChI is InChI=1S/C16H26N2O3/c1-5-20-12-7-8-15(21-6-2)14(10-12)18-16(19)13(17)9-11(3)4/h7-8,10-11,13H,5-6,9,17H2,1-4H3,(H,18,19)/t13-/m1/s1. The van der Waals surface area contributed by atoms with Crippen molar-refractivity contribution in [1.29, 1.82) is 0 Å². The van der Waals surface area contributed by atoms with Crippen LogP contribution in [0.1, 0.15) is 34.1 Å². The average molecular weight is 294 g/mol. The van der Waals surface area contributed by atoms with Crippen LogP contribution in [-0.2, 0) is 4.79 Å². The van der Waals surface area contributed by atoms with Crippen LogP contribution in [0.4, 0.5) is 5.69 Å². The first kappa shape index (κ1) is 17.3. The van der Waals surface area contributed by atoms with Gasteiger partial charge >= 0.3 is 0 Å². The molecule has 0 aliphatic rings. The number of nitrogens with one attached hydrogen (secondary N) is 1. The van der Waals surface area contributed by atoms with Crippen LogP contribution in [0.25, 0.3) is 0 Å². The van der Waals surface area contributed by atoms with Gasteiger partial charge in [-0.2, -0.15) is 0 Å². The molecular weight excluding hydrogens is 268 g/mol. The number of nitrogens with two attached hydrogens (primary N) is 1. The molecule has 1 amide bonds. The Kier molecular flexibility index (Phi) is 7.02. The summed E-state index contributed by atoms with van der Waals surface area (Å²) in [5, 5.41) is 2.83. The third kappa shape index (κ3) is 5.63. The maximum absolute atomic E-state index is 12.1. The first-order chi connectivity index (χ1) is 9.97. The fourth-order valence-electron chi connectivity index (χ4n) is 1.98. The molecule has 0 bridgehead atoms. The van der Waals surface area contributed by atoms with E-state index in [-0.39, 0.29) is 5.91 Å². The first-order valence-corrected chi connectivity index (χ1v) is 7.44. The summed E-state index contributed by atoms with van der Waals surface area (Å²) in [7, 11) is 0. The molecule has 3 N–H and O–H groups in total. The van der Waals surface area contributed by atoms with Gasteiger partial charge in [-0.15, -0.1) is 0 Å². The summed E-state index contributed by atoms with van der Waals surface area (Å²) in [5.41, 5.74) is 6.49. The van der Waals surface area contributed by atoms with Crippen LogP contribution in [0.3, 0.4) is 0 Å². The van der Waals surface area contributed by atoms with Gasteiger partial charge in [0.25, 0.3) is 0 Å². The molecule has 0 unspecified atom stereocenters. The number of anilines is 1. The largest absolute Gasteiger partial charge is 0.494 e. The van der Waals surface area contributed by atoms with Crippen LogP contribution in [0.2, 0.25) is 0 Å². The molecule has 0 saturated heterocycles. The minimum atomic E-state index is -0.532. The predicted octanol–water partition coefficient (Wildman–Crippen LogP) is 2.80. The van der Waals surface area contributed by atoms with E-state index < -0.39 is 6.04 Å². The lowest BCUT2D eigenvalue weighted by Gasteiger charge is -2.17. The van der Waals surface area contributed by atoms with Crippen molar-refractivity contribution < 1.29 is 14.3 Å². The lowest BCUT2D eigenvalue weighted by atomic mass is 10.0. The second-order valence-corrected chi connectivity index (χ2v) is 5.25. The average Bonchev–Trinajstić information content (AvgIpc) is 2.41. The molecule has 5 nitrogen and oxygen atoms in total. The monoisotopic (exact) mass is 294 g/mol. The highest BCUT2D eigenvalue weighted by Crippen LogP contribution is 2.29. The number of carbonyl (C=O) groups excluding carboxylic acids is 1. The Morgan fingerprint density at radius 3 is 2.48 bits per heavy atom. The van der Waals surface area contributed by atoms with E-state index in [0.29, 0.717) is 42.7 Å². The van der Waals surface area contributed by atoms with Gasteiger partial charge in [-0.25, -0.2) is 0 Å². The van der Waals surface area contributed by atoms with Gasteiger partial charge in [-0.3, -0.25) is 4.79 Å². The van der Waals surface area contributed by atoms with Crippen molar-refractivity contribution in [2.45, 2.75) is 40.2 Å². The number of hydrogen-bond donors (Lipinski definition) is 2. The number of ether oxygens (including phenoxy) is 2. The Morgan fingerprint density at radius 1 is 1.24 bits per heavy atom. The van der Waals surface area contributed by atoms with Crippen molar-refractivity contribution in [1.82, 2.24) is 0 Å². The van der Waals surface area contributed by atoms with Gasteiger partial charge in [-0.1, -0.05) is 13.8 Å². The summed E-state index contributed by atoms with van der Waals surface area (Å²) in [5.74, 6) is 1.46. The van der Waals surface area contributed by atoms with E-state index in [1.807, 2.05) is 33.8 Å². The third-order valence-corrected chi connectivity index (χ3v) is 2.88. The summed E-state index contributed by atoms with van der Waals surface area (Å²) in [4.78, 5) is 12.1. The first-order valence-electron chi connectivity index (χ1n) is 7.44. The van der Waals surface area contributed by atoms with Crippen molar-refractivity contribution >= 4 is 11.6 Å². The highest BCUT2D eigenvalue weighted by atomic mass is 16.5. The van der Waals surface area contributed by atoms with Gasteiger partial charge < -0.3 is 20.5 Å². The Bertz CT molecular complexity index is 461. The van der Waals surface area contributed by atoms with Crippen molar-refractivity contribution in [3.05, 3.63) is 18.2 Å². The minimum absolute atomic E-state index is 0.210. The van der Waals surface area contributed by atoms with E-state index >= 15 is 0 Å². The van der Waals surface area contributed by atoms with E-state index in [4.69, 9.17) is 15.2 Å². The molecule has 0 saturated carbocycles. The Labute approximate surface area is 126 Å². The summed E-state index contributed by atoms with van der Waals surface area (Å²) in [6.07, 6.45) is 0.640. The Morgan fingerprint density at radius 2 is 1.90 bits per heavy atom. The molecular formula is C16H26N2O3. The summed E-state index contributed by atoms with van der Waals surface area (Å²) in [6, 6.07) is 4.83. The molecule has 5 heteroatoms. The SMILES string of the molecule is CCOc1ccc(OCC)c(NC(=O)[C@H](N)CC(C)C)c1. The second kappa shape index (κ2) is 8.52. The predicted molar refractivity (Wildman–Crippen MR) is 84.8 cm³/mol. The van der Waals surface area contributed by atoms with Gasteiger partial charge in [0.2, 0.25) is 5.91 Å². The number of rotatable bonds is 8. The molecule has 0 spiro atoms. The summed E-state index contributed by atoms with van der Waals surface area (Å²) in [6.45, 7) is 8.96. The zero-order valence-corrected chi connectivity index (χ0v) is 13.3. The molecule has 0 aliphatic carbocycles. The lowest BCUT2D eigenvalue weighted by Crippen LogP contribution is -2.36. The van der Waals surface area contributed by atoms with Crippen LogP contribution < -0.4 is 20.5 Å². The maximum Gasteiger partial charge on any atom is 0.241 e. The van der Waals surface area contributed by atoms with Crippen molar-refractivity contribution in [2.24, 2.45) is 11.7 Å². The molecule has 1 rings (SSSR count). The zero-order chi connectivity index (χ0) is 15.8. The highest BCUT2D eigenvalue weighted by molar-refractivity contribution is 5.96. The molecule has 21 heavy (non-hydrogen) atoms. The van der Waals surface area contributed by atoms with Crippen LogP contribution in [0.15, 0.2) is 18.2 Å². The Balaban J connectivity index is 2.87. The van der Waals surface area contributed by atoms with E-state index in [2.05, 4.69) is 5.32 Å². The second-order valence-electron chi connectivity index (χ2n) is 5.25. The number of benzene rings is 1. The zero-order valence-electron chi connectivity index (χ0n) is 13.3. The fourth-order valence-corrected chi connectivity index (χ4v) is 1.98. The lowest BCUT2D eigenvalue weighted by molar-refractivity contribution is -0.117. The molecule has 1 aromatic carbocycles. The smallest absolute Gasteiger partial charge is 0.241 e. The third-order valence-electron chi connectivity index (χ3n) is 2.88. The van der Waals surface area contributed by atoms with E-state index in [9.17, 15) is 4.79 Å². The molecule has 0 aromatic heterocycles. The molecule has 1 aromatic rings. The fraction of sp³-hybridized carbons (Fsp3) is 0.562. The van der Waals surface area contributed by atoms with Crippen LogP contribution in [-0.4, -0.2) is 25.2 Å².